The van der Waals surface area contributed by atoms with Crippen LogP contribution >= 0.6 is 0 Å². The van der Waals surface area contributed by atoms with E-state index in [0.29, 0.717) is 0 Å². The summed E-state index contributed by atoms with van der Waals surface area (Å²) in [7, 11) is 0. The smallest absolute Gasteiger partial charge is 0.387 e. The lowest BCUT2D eigenvalue weighted by Crippen LogP contribution is -2.35. The number of anilines is 1. The number of rotatable bonds is 4. The van der Waals surface area contributed by atoms with Crippen LogP contribution in [-0.4, -0.2) is 25.0 Å². The van der Waals surface area contributed by atoms with Crippen LogP contribution in [0, 0.1) is 11.3 Å². The van der Waals surface area contributed by atoms with E-state index >= 15 is 0 Å². The zero-order valence-electron chi connectivity index (χ0n) is 9.52. The fourth-order valence-electron chi connectivity index (χ4n) is 1.15. The maximum Gasteiger partial charge on any atom is 0.387 e. The molecule has 0 atom stereocenters. The van der Waals surface area contributed by atoms with Gasteiger partial charge in [-0.3, -0.25) is 9.59 Å². The van der Waals surface area contributed by atoms with Crippen molar-refractivity contribution in [3.63, 3.8) is 0 Å². The van der Waals surface area contributed by atoms with Crippen LogP contribution < -0.4 is 15.4 Å². The Hall–Kier alpha value is -2.69. The van der Waals surface area contributed by atoms with Crippen LogP contribution in [0.25, 0.3) is 0 Å². The predicted octanol–water partition coefficient (Wildman–Crippen LogP) is 0.866. The lowest BCUT2D eigenvalue weighted by molar-refractivity contribution is -0.136. The Kier molecular flexibility index (Phi) is 5.22. The first-order valence-corrected chi connectivity index (χ1v) is 5.04. The fraction of sp³-hybridized carbons (Fsp3) is 0.182. The third-order valence-electron chi connectivity index (χ3n) is 1.89. The average molecular weight is 269 g/mol. The monoisotopic (exact) mass is 269 g/mol. The van der Waals surface area contributed by atoms with E-state index < -0.39 is 18.4 Å². The van der Waals surface area contributed by atoms with Gasteiger partial charge in [-0.05, 0) is 12.1 Å². The fourth-order valence-corrected chi connectivity index (χ4v) is 1.15. The second-order valence-electron chi connectivity index (χ2n) is 3.17. The summed E-state index contributed by atoms with van der Waals surface area (Å²) in [5.41, 5.74) is -0.0695. The number of nitrogens with zero attached hydrogens (tertiary/aromatic N) is 1. The molecular weight excluding hydrogens is 260 g/mol. The molecular formula is C11H9F2N3O3. The molecule has 2 N–H and O–H groups in total. The van der Waals surface area contributed by atoms with Crippen molar-refractivity contribution in [3.05, 3.63) is 24.3 Å². The molecule has 0 saturated heterocycles. The highest BCUT2D eigenvalue weighted by molar-refractivity contribution is 6.39. The number of alkyl halides is 2. The number of carbonyl (C=O) groups is 2. The first-order valence-electron chi connectivity index (χ1n) is 5.04. The van der Waals surface area contributed by atoms with E-state index in [9.17, 15) is 18.4 Å². The van der Waals surface area contributed by atoms with Crippen LogP contribution in [0.3, 0.4) is 0 Å². The molecule has 8 heteroatoms. The van der Waals surface area contributed by atoms with E-state index in [1.54, 1.807) is 6.07 Å². The first-order chi connectivity index (χ1) is 9.04. The molecule has 1 rings (SSSR count). The third kappa shape index (κ3) is 4.59. The van der Waals surface area contributed by atoms with Gasteiger partial charge in [0.25, 0.3) is 0 Å². The molecule has 2 amide bonds. The summed E-state index contributed by atoms with van der Waals surface area (Å²) in [5, 5.41) is 12.3. The minimum absolute atomic E-state index is 0.0695. The topological polar surface area (TPSA) is 91.2 Å². The zero-order valence-corrected chi connectivity index (χ0v) is 9.52. The molecule has 0 fully saturated rings. The predicted molar refractivity (Wildman–Crippen MR) is 60.3 cm³/mol. The van der Waals surface area contributed by atoms with Crippen molar-refractivity contribution in [2.45, 2.75) is 6.61 Å². The molecule has 6 nitrogen and oxygen atoms in total. The number of benzene rings is 1. The molecule has 0 aliphatic heterocycles. The number of carbonyl (C=O) groups excluding carboxylic acids is 2. The molecule has 100 valence electrons. The largest absolute Gasteiger partial charge is 0.433 e. The Morgan fingerprint density at radius 1 is 1.32 bits per heavy atom. The molecule has 1 aromatic carbocycles. The van der Waals surface area contributed by atoms with Crippen molar-refractivity contribution in [1.29, 1.82) is 5.26 Å². The summed E-state index contributed by atoms with van der Waals surface area (Å²) < 4.78 is 28.4. The van der Waals surface area contributed by atoms with Crippen LogP contribution in [-0.2, 0) is 9.59 Å². The van der Waals surface area contributed by atoms with Crippen LogP contribution in [0.4, 0.5) is 14.5 Å². The van der Waals surface area contributed by atoms with E-state index in [1.807, 2.05) is 5.32 Å². The SMILES string of the molecule is N#CCNC(=O)C(=O)Nc1ccccc1OC(F)F. The lowest BCUT2D eigenvalue weighted by Gasteiger charge is -2.11. The maximum atomic E-state index is 12.1. The van der Waals surface area contributed by atoms with Gasteiger partial charge >= 0.3 is 18.4 Å². The van der Waals surface area contributed by atoms with Gasteiger partial charge < -0.3 is 15.4 Å². The van der Waals surface area contributed by atoms with E-state index in [2.05, 4.69) is 10.1 Å². The van der Waals surface area contributed by atoms with Crippen molar-refractivity contribution in [2.75, 3.05) is 11.9 Å². The van der Waals surface area contributed by atoms with Crippen LogP contribution in [0.1, 0.15) is 0 Å². The van der Waals surface area contributed by atoms with Gasteiger partial charge in [-0.1, -0.05) is 12.1 Å². The number of hydrogen-bond acceptors (Lipinski definition) is 4. The minimum atomic E-state index is -3.05. The quantitative estimate of drug-likeness (QED) is 0.626. The van der Waals surface area contributed by atoms with Crippen molar-refractivity contribution in [1.82, 2.24) is 5.32 Å². The van der Waals surface area contributed by atoms with Gasteiger partial charge in [0.2, 0.25) is 0 Å². The molecule has 0 aliphatic rings. The van der Waals surface area contributed by atoms with Crippen LogP contribution in [0.15, 0.2) is 24.3 Å². The number of amides is 2. The maximum absolute atomic E-state index is 12.1. The first kappa shape index (κ1) is 14.4. The van der Waals surface area contributed by atoms with Gasteiger partial charge in [-0.15, -0.1) is 0 Å². The molecule has 0 saturated carbocycles. The second kappa shape index (κ2) is 6.90. The summed E-state index contributed by atoms with van der Waals surface area (Å²) in [6.07, 6.45) is 0. The Balaban J connectivity index is 2.74. The minimum Gasteiger partial charge on any atom is -0.433 e. The highest BCUT2D eigenvalue weighted by atomic mass is 19.3. The standard InChI is InChI=1S/C11H9F2N3O3/c12-11(13)19-8-4-2-1-3-7(8)16-10(18)9(17)15-6-5-14/h1-4,11H,6H2,(H,15,17)(H,16,18). The van der Waals surface area contributed by atoms with Crippen molar-refractivity contribution < 1.29 is 23.1 Å². The van der Waals surface area contributed by atoms with E-state index in [1.165, 1.54) is 24.3 Å². The van der Waals surface area contributed by atoms with Crippen LogP contribution in [0.2, 0.25) is 0 Å². The summed E-state index contributed by atoms with van der Waals surface area (Å²) in [5.74, 6) is -2.40. The third-order valence-corrected chi connectivity index (χ3v) is 1.89. The summed E-state index contributed by atoms with van der Waals surface area (Å²) >= 11 is 0. The number of hydrogen-bond donors (Lipinski definition) is 2. The Bertz CT molecular complexity index is 514. The number of nitriles is 1. The van der Waals surface area contributed by atoms with Crippen LogP contribution in [0.5, 0.6) is 5.75 Å². The highest BCUT2D eigenvalue weighted by Crippen LogP contribution is 2.25. The molecule has 19 heavy (non-hydrogen) atoms. The molecule has 0 bridgehead atoms. The van der Waals surface area contributed by atoms with Gasteiger partial charge in [0, 0.05) is 0 Å². The summed E-state index contributed by atoms with van der Waals surface area (Å²) in [4.78, 5) is 22.6. The van der Waals surface area contributed by atoms with Gasteiger partial charge in [0.1, 0.15) is 12.3 Å². The van der Waals surface area contributed by atoms with Gasteiger partial charge in [0.15, 0.2) is 0 Å². The van der Waals surface area contributed by atoms with Gasteiger partial charge in [-0.25, -0.2) is 0 Å². The molecule has 1 aromatic rings. The van der Waals surface area contributed by atoms with Crippen molar-refractivity contribution in [2.24, 2.45) is 0 Å². The molecule has 0 unspecified atom stereocenters. The second-order valence-corrected chi connectivity index (χ2v) is 3.17. The Labute approximate surface area is 107 Å². The van der Waals surface area contributed by atoms with Gasteiger partial charge in [0.05, 0.1) is 11.8 Å². The normalized spacial score (nSPS) is 9.58. The zero-order chi connectivity index (χ0) is 14.3. The Morgan fingerprint density at radius 3 is 2.63 bits per heavy atom. The highest BCUT2D eigenvalue weighted by Gasteiger charge is 2.16. The van der Waals surface area contributed by atoms with Crippen molar-refractivity contribution >= 4 is 17.5 Å². The lowest BCUT2D eigenvalue weighted by atomic mass is 10.3. The van der Waals surface area contributed by atoms with E-state index in [0.717, 1.165) is 0 Å². The molecule has 0 aliphatic carbocycles. The average Bonchev–Trinajstić information content (AvgIpc) is 2.37. The number of nitrogens with one attached hydrogen (secondary N) is 2. The number of para-hydroxylation sites is 2. The van der Waals surface area contributed by atoms with Crippen molar-refractivity contribution in [3.8, 4) is 11.8 Å². The number of ether oxygens (including phenoxy) is 1. The summed E-state index contributed by atoms with van der Waals surface area (Å²) in [6.45, 7) is -3.38. The molecule has 0 spiro atoms. The Morgan fingerprint density at radius 2 is 2.00 bits per heavy atom. The number of halogens is 2. The summed E-state index contributed by atoms with van der Waals surface area (Å²) in [6, 6.07) is 7.04. The van der Waals surface area contributed by atoms with Gasteiger partial charge in [-0.2, -0.15) is 14.0 Å². The molecule has 0 aromatic heterocycles. The molecule has 0 heterocycles. The molecule has 0 radical (unpaired) electrons. The van der Waals surface area contributed by atoms with E-state index in [4.69, 9.17) is 5.26 Å². The van der Waals surface area contributed by atoms with E-state index in [-0.39, 0.29) is 18.0 Å².